The van der Waals surface area contributed by atoms with Crippen LogP contribution in [0.4, 0.5) is 0 Å². The molecular weight excluding hydrogens is 468 g/mol. The molecule has 0 saturated carbocycles. The molecule has 4 rings (SSSR count). The van der Waals surface area contributed by atoms with Crippen molar-refractivity contribution in [1.29, 1.82) is 0 Å². The predicted octanol–water partition coefficient (Wildman–Crippen LogP) is 4.96. The number of carbonyl (C=O) groups is 3. The van der Waals surface area contributed by atoms with Crippen LogP contribution in [0.15, 0.2) is 73.4 Å². The molecule has 1 aromatic heterocycles. The van der Waals surface area contributed by atoms with Crippen LogP contribution in [0.25, 0.3) is 10.9 Å². The topological polar surface area (TPSA) is 85.8 Å². The molecule has 0 radical (unpaired) electrons. The van der Waals surface area contributed by atoms with E-state index in [1.807, 2.05) is 29.2 Å². The molecule has 1 amide bonds. The smallest absolute Gasteiger partial charge is 0.316 e. The standard InChI is InChI=1S/C30H32N2O5/c1-4-20-19-32(29(34)21-9-7-6-8-10-21)16-14-22(20)17-26(30(35)37-5-2)28(33)24-13-15-31-27-12-11-23(36-3)18-25(24)27/h4,6-13,15,18,20,22,26H,1,5,14,16-17,19H2,2-3H3/t20-,22-,26?/m0/s1. The lowest BCUT2D eigenvalue weighted by molar-refractivity contribution is -0.147. The fraction of sp³-hybridized carbons (Fsp3) is 0.333. The van der Waals surface area contributed by atoms with E-state index in [2.05, 4.69) is 11.6 Å². The van der Waals surface area contributed by atoms with Crippen molar-refractivity contribution in [2.45, 2.75) is 19.8 Å². The largest absolute Gasteiger partial charge is 0.497 e. The number of Topliss-reactive ketones (excluding diaryl/α,β-unsaturated/α-hetero) is 1. The highest BCUT2D eigenvalue weighted by atomic mass is 16.5. The number of amides is 1. The Morgan fingerprint density at radius 1 is 1.16 bits per heavy atom. The van der Waals surface area contributed by atoms with Gasteiger partial charge < -0.3 is 14.4 Å². The number of nitrogens with zero attached hydrogens (tertiary/aromatic N) is 2. The molecule has 3 atom stereocenters. The van der Waals surface area contributed by atoms with E-state index in [1.165, 1.54) is 0 Å². The van der Waals surface area contributed by atoms with Crippen molar-refractivity contribution >= 4 is 28.6 Å². The molecule has 0 bridgehead atoms. The number of pyridine rings is 1. The van der Waals surface area contributed by atoms with Gasteiger partial charge in [-0.3, -0.25) is 19.4 Å². The van der Waals surface area contributed by atoms with Crippen LogP contribution >= 0.6 is 0 Å². The predicted molar refractivity (Wildman–Crippen MR) is 142 cm³/mol. The Morgan fingerprint density at radius 2 is 1.95 bits per heavy atom. The molecule has 1 aliphatic heterocycles. The number of ketones is 1. The van der Waals surface area contributed by atoms with Gasteiger partial charge >= 0.3 is 5.97 Å². The maximum atomic E-state index is 13.8. The number of carbonyl (C=O) groups excluding carboxylic acids is 3. The quantitative estimate of drug-likeness (QED) is 0.179. The molecule has 192 valence electrons. The zero-order valence-corrected chi connectivity index (χ0v) is 21.3. The normalized spacial score (nSPS) is 18.2. The van der Waals surface area contributed by atoms with E-state index in [0.717, 1.165) is 0 Å². The minimum atomic E-state index is -0.972. The summed E-state index contributed by atoms with van der Waals surface area (Å²) < 4.78 is 10.7. The summed E-state index contributed by atoms with van der Waals surface area (Å²) in [6.45, 7) is 6.93. The second-order valence-electron chi connectivity index (χ2n) is 9.21. The van der Waals surface area contributed by atoms with Gasteiger partial charge in [-0.15, -0.1) is 6.58 Å². The number of ether oxygens (including phenoxy) is 2. The van der Waals surface area contributed by atoms with Crippen molar-refractivity contribution in [1.82, 2.24) is 9.88 Å². The number of esters is 1. The van der Waals surface area contributed by atoms with Gasteiger partial charge in [-0.2, -0.15) is 0 Å². The number of hydrogen-bond donors (Lipinski definition) is 0. The highest BCUT2D eigenvalue weighted by Crippen LogP contribution is 2.34. The monoisotopic (exact) mass is 500 g/mol. The maximum Gasteiger partial charge on any atom is 0.316 e. The molecule has 7 heteroatoms. The summed E-state index contributed by atoms with van der Waals surface area (Å²) in [6, 6.07) is 16.2. The Bertz CT molecular complexity index is 1290. The first-order valence-electron chi connectivity index (χ1n) is 12.6. The van der Waals surface area contributed by atoms with Crippen LogP contribution in [0.3, 0.4) is 0 Å². The number of fused-ring (bicyclic) bond motifs is 1. The number of hydrogen-bond acceptors (Lipinski definition) is 6. The molecule has 0 N–H and O–H groups in total. The van der Waals surface area contributed by atoms with E-state index in [1.54, 1.807) is 56.6 Å². The summed E-state index contributed by atoms with van der Waals surface area (Å²) in [5.74, 6) is -1.29. The molecule has 1 fully saturated rings. The molecule has 1 unspecified atom stereocenters. The number of aromatic nitrogens is 1. The van der Waals surface area contributed by atoms with Crippen molar-refractivity contribution in [3.8, 4) is 5.75 Å². The summed E-state index contributed by atoms with van der Waals surface area (Å²) in [5, 5.41) is 0.629. The summed E-state index contributed by atoms with van der Waals surface area (Å²) in [4.78, 5) is 46.1. The minimum absolute atomic E-state index is 0.00156. The summed E-state index contributed by atoms with van der Waals surface area (Å²) >= 11 is 0. The Balaban J connectivity index is 1.58. The lowest BCUT2D eigenvalue weighted by Crippen LogP contribution is -2.44. The number of methoxy groups -OCH3 is 1. The van der Waals surface area contributed by atoms with Crippen LogP contribution in [-0.2, 0) is 9.53 Å². The summed E-state index contributed by atoms with van der Waals surface area (Å²) in [7, 11) is 1.56. The van der Waals surface area contributed by atoms with Gasteiger partial charge in [-0.1, -0.05) is 24.3 Å². The van der Waals surface area contributed by atoms with Gasteiger partial charge in [-0.25, -0.2) is 0 Å². The van der Waals surface area contributed by atoms with Gasteiger partial charge in [0.05, 0.1) is 19.2 Å². The first-order chi connectivity index (χ1) is 18.0. The fourth-order valence-corrected chi connectivity index (χ4v) is 5.05. The third-order valence-electron chi connectivity index (χ3n) is 7.06. The highest BCUT2D eigenvalue weighted by molar-refractivity contribution is 6.14. The van der Waals surface area contributed by atoms with Crippen molar-refractivity contribution in [2.75, 3.05) is 26.8 Å². The Kier molecular flexibility index (Phi) is 8.33. The number of rotatable bonds is 9. The third kappa shape index (κ3) is 5.71. The molecule has 7 nitrogen and oxygen atoms in total. The molecule has 37 heavy (non-hydrogen) atoms. The number of piperidine rings is 1. The Labute approximate surface area is 217 Å². The first kappa shape index (κ1) is 26.1. The second kappa shape index (κ2) is 11.8. The summed E-state index contributed by atoms with van der Waals surface area (Å²) in [6.07, 6.45) is 4.37. The fourth-order valence-electron chi connectivity index (χ4n) is 5.05. The molecule has 1 saturated heterocycles. The van der Waals surface area contributed by atoms with E-state index in [9.17, 15) is 14.4 Å². The van der Waals surface area contributed by atoms with Gasteiger partial charge in [0, 0.05) is 35.8 Å². The van der Waals surface area contributed by atoms with Gasteiger partial charge in [0.2, 0.25) is 0 Å². The molecule has 2 aromatic carbocycles. The van der Waals surface area contributed by atoms with Crippen molar-refractivity contribution in [3.05, 3.63) is 84.6 Å². The van der Waals surface area contributed by atoms with Crippen LogP contribution in [0.1, 0.15) is 40.5 Å². The zero-order chi connectivity index (χ0) is 26.4. The number of likely N-dealkylation sites (tertiary alicyclic amines) is 1. The highest BCUT2D eigenvalue weighted by Gasteiger charge is 2.37. The van der Waals surface area contributed by atoms with Gasteiger partial charge in [0.1, 0.15) is 11.7 Å². The van der Waals surface area contributed by atoms with E-state index in [4.69, 9.17) is 9.47 Å². The molecule has 1 aliphatic rings. The molecular formula is C30H32N2O5. The lowest BCUT2D eigenvalue weighted by Gasteiger charge is -2.38. The Hall–Kier alpha value is -4.00. The maximum absolute atomic E-state index is 13.8. The SMILES string of the molecule is C=C[C@H]1CN(C(=O)c2ccccc2)CC[C@H]1CC(C(=O)OCC)C(=O)c1ccnc2ccc(OC)cc12. The zero-order valence-electron chi connectivity index (χ0n) is 21.3. The third-order valence-corrected chi connectivity index (χ3v) is 7.06. The van der Waals surface area contributed by atoms with Crippen molar-refractivity contribution in [3.63, 3.8) is 0 Å². The van der Waals surface area contributed by atoms with E-state index in [0.29, 0.717) is 53.7 Å². The number of benzene rings is 2. The van der Waals surface area contributed by atoms with Gasteiger partial charge in [-0.05, 0) is 68.0 Å². The second-order valence-corrected chi connectivity index (χ2v) is 9.21. The van der Waals surface area contributed by atoms with E-state index >= 15 is 0 Å². The van der Waals surface area contributed by atoms with Crippen molar-refractivity contribution < 1.29 is 23.9 Å². The van der Waals surface area contributed by atoms with Crippen LogP contribution in [0.5, 0.6) is 5.75 Å². The minimum Gasteiger partial charge on any atom is -0.497 e. The molecule has 3 aromatic rings. The van der Waals surface area contributed by atoms with E-state index in [-0.39, 0.29) is 30.1 Å². The van der Waals surface area contributed by atoms with Gasteiger partial charge in [0.25, 0.3) is 5.91 Å². The van der Waals surface area contributed by atoms with Crippen LogP contribution in [0.2, 0.25) is 0 Å². The lowest BCUT2D eigenvalue weighted by atomic mass is 9.77. The molecule has 0 aliphatic carbocycles. The first-order valence-corrected chi connectivity index (χ1v) is 12.6. The van der Waals surface area contributed by atoms with Crippen LogP contribution in [-0.4, -0.2) is 54.3 Å². The van der Waals surface area contributed by atoms with Gasteiger partial charge in [0.15, 0.2) is 5.78 Å². The summed E-state index contributed by atoms with van der Waals surface area (Å²) in [5.41, 5.74) is 1.70. The molecule has 2 heterocycles. The molecule has 0 spiro atoms. The van der Waals surface area contributed by atoms with Crippen LogP contribution < -0.4 is 4.74 Å². The van der Waals surface area contributed by atoms with Crippen LogP contribution in [0, 0.1) is 17.8 Å². The Morgan fingerprint density at radius 3 is 2.65 bits per heavy atom. The van der Waals surface area contributed by atoms with Crippen molar-refractivity contribution in [2.24, 2.45) is 17.8 Å². The average Bonchev–Trinajstić information content (AvgIpc) is 2.95. The average molecular weight is 501 g/mol. The van der Waals surface area contributed by atoms with E-state index < -0.39 is 11.9 Å².